The van der Waals surface area contributed by atoms with Gasteiger partial charge in [-0.3, -0.25) is 14.4 Å². The molecule has 0 bridgehead atoms. The minimum absolute atomic E-state index is 0.127. The summed E-state index contributed by atoms with van der Waals surface area (Å²) in [6.45, 7) is 8.81. The minimum atomic E-state index is -1.03. The number of amides is 3. The van der Waals surface area contributed by atoms with Gasteiger partial charge in [0.2, 0.25) is 11.8 Å². The van der Waals surface area contributed by atoms with E-state index in [-0.39, 0.29) is 29.6 Å². The number of halogens is 1. The van der Waals surface area contributed by atoms with Gasteiger partial charge in [-0.05, 0) is 52.6 Å². The molecule has 2 unspecified atom stereocenters. The molecule has 0 aromatic heterocycles. The Morgan fingerprint density at radius 3 is 2.48 bits per heavy atom. The first-order valence-electron chi connectivity index (χ1n) is 13.9. The molecular formula is C33H38ClN3O4S. The summed E-state index contributed by atoms with van der Waals surface area (Å²) in [6, 6.07) is 21.0. The number of ether oxygens (including phenoxy) is 1. The number of hydrogen-bond acceptors (Lipinski definition) is 5. The van der Waals surface area contributed by atoms with Crippen molar-refractivity contribution in [3.63, 3.8) is 0 Å². The first-order chi connectivity index (χ1) is 19.9. The molecule has 0 saturated heterocycles. The second-order valence-corrected chi connectivity index (χ2v) is 12.9. The number of hydrogen-bond donors (Lipinski definition) is 2. The molecule has 4 rings (SSSR count). The highest BCUT2D eigenvalue weighted by molar-refractivity contribution is 7.98. The highest BCUT2D eigenvalue weighted by atomic mass is 35.5. The molecular weight excluding hydrogens is 570 g/mol. The summed E-state index contributed by atoms with van der Waals surface area (Å²) in [5.74, 6) is -0.676. The van der Waals surface area contributed by atoms with Gasteiger partial charge in [0.25, 0.3) is 5.91 Å². The van der Waals surface area contributed by atoms with E-state index in [2.05, 4.69) is 31.4 Å². The van der Waals surface area contributed by atoms with E-state index in [9.17, 15) is 14.4 Å². The van der Waals surface area contributed by atoms with Crippen molar-refractivity contribution in [3.8, 4) is 0 Å². The zero-order chi connectivity index (χ0) is 30.4. The van der Waals surface area contributed by atoms with Crippen molar-refractivity contribution in [1.82, 2.24) is 10.6 Å². The Balaban J connectivity index is 1.69. The fraction of sp³-hybridized carbons (Fsp3) is 0.364. The Hall–Kier alpha value is -3.33. The van der Waals surface area contributed by atoms with Crippen molar-refractivity contribution in [2.75, 3.05) is 17.7 Å². The zero-order valence-electron chi connectivity index (χ0n) is 24.7. The molecule has 2 atom stereocenters. The van der Waals surface area contributed by atoms with E-state index < -0.39 is 12.2 Å². The van der Waals surface area contributed by atoms with E-state index in [4.69, 9.17) is 16.3 Å². The van der Waals surface area contributed by atoms with E-state index in [0.717, 1.165) is 27.1 Å². The van der Waals surface area contributed by atoms with Crippen LogP contribution in [0.4, 0.5) is 5.69 Å². The molecule has 0 fully saturated rings. The minimum Gasteiger partial charge on any atom is -0.355 e. The normalized spacial score (nSPS) is 16.9. The Kier molecular flexibility index (Phi) is 10.4. The van der Waals surface area contributed by atoms with Crippen molar-refractivity contribution in [1.29, 1.82) is 0 Å². The second kappa shape index (κ2) is 13.8. The standard InChI is InChI=1S/C33H38ClN3O4S/c1-21(38)35-18-22-9-8-11-23(15-22)31-26-16-25(34)13-14-27(26)37(20-33(2,3)4)32(40)28(41-31)17-30(39)36-19-24-10-6-7-12-29(24)42-5/h6-16,28,31H,17-20H2,1-5H3,(H,35,38)(H,36,39). The summed E-state index contributed by atoms with van der Waals surface area (Å²) in [7, 11) is 0. The fourth-order valence-corrected chi connectivity index (χ4v) is 5.77. The topological polar surface area (TPSA) is 87.7 Å². The van der Waals surface area contributed by atoms with E-state index in [1.165, 1.54) is 6.92 Å². The van der Waals surface area contributed by atoms with Gasteiger partial charge in [-0.2, -0.15) is 0 Å². The SMILES string of the molecule is CSc1ccccc1CNC(=O)CC1OC(c2cccc(CNC(C)=O)c2)c2cc(Cl)ccc2N(CC(C)(C)C)C1=O. The van der Waals surface area contributed by atoms with Crippen LogP contribution >= 0.6 is 23.4 Å². The summed E-state index contributed by atoms with van der Waals surface area (Å²) < 4.78 is 6.58. The van der Waals surface area contributed by atoms with Crippen molar-refractivity contribution in [2.45, 2.75) is 64.3 Å². The summed E-state index contributed by atoms with van der Waals surface area (Å²) in [4.78, 5) is 41.8. The molecule has 0 saturated carbocycles. The van der Waals surface area contributed by atoms with Crippen LogP contribution in [0.3, 0.4) is 0 Å². The number of thioether (sulfide) groups is 1. The number of nitrogens with zero attached hydrogens (tertiary/aromatic N) is 1. The number of rotatable bonds is 9. The van der Waals surface area contributed by atoms with Gasteiger partial charge in [-0.1, -0.05) is 74.8 Å². The van der Waals surface area contributed by atoms with Crippen LogP contribution in [-0.4, -0.2) is 36.6 Å². The van der Waals surface area contributed by atoms with Crippen LogP contribution < -0.4 is 15.5 Å². The van der Waals surface area contributed by atoms with Gasteiger partial charge in [0.05, 0.1) is 6.42 Å². The lowest BCUT2D eigenvalue weighted by atomic mass is 9.94. The smallest absolute Gasteiger partial charge is 0.256 e. The predicted octanol–water partition coefficient (Wildman–Crippen LogP) is 6.27. The van der Waals surface area contributed by atoms with Crippen molar-refractivity contribution < 1.29 is 19.1 Å². The fourth-order valence-electron chi connectivity index (χ4n) is 4.98. The van der Waals surface area contributed by atoms with Gasteiger partial charge in [-0.25, -0.2) is 0 Å². The number of anilines is 1. The monoisotopic (exact) mass is 607 g/mol. The molecule has 1 aliphatic rings. The summed E-state index contributed by atoms with van der Waals surface area (Å²) in [5, 5.41) is 6.32. The van der Waals surface area contributed by atoms with E-state index in [0.29, 0.717) is 30.3 Å². The Bertz CT molecular complexity index is 1460. The molecule has 1 heterocycles. The van der Waals surface area contributed by atoms with E-state index >= 15 is 0 Å². The van der Waals surface area contributed by atoms with Crippen LogP contribution in [-0.2, 0) is 32.2 Å². The Labute approximate surface area is 257 Å². The molecule has 2 N–H and O–H groups in total. The molecule has 1 aliphatic heterocycles. The van der Waals surface area contributed by atoms with Crippen LogP contribution in [0.2, 0.25) is 5.02 Å². The quantitative estimate of drug-likeness (QED) is 0.280. The molecule has 42 heavy (non-hydrogen) atoms. The van der Waals surface area contributed by atoms with Crippen LogP contribution in [0.15, 0.2) is 71.6 Å². The largest absolute Gasteiger partial charge is 0.355 e. The molecule has 9 heteroatoms. The number of carbonyl (C=O) groups is 3. The van der Waals surface area contributed by atoms with Crippen LogP contribution in [0.5, 0.6) is 0 Å². The molecule has 3 aromatic carbocycles. The van der Waals surface area contributed by atoms with Gasteiger partial charge in [0.1, 0.15) is 12.2 Å². The van der Waals surface area contributed by atoms with Crippen molar-refractivity contribution in [3.05, 3.63) is 94.0 Å². The molecule has 3 aromatic rings. The van der Waals surface area contributed by atoms with Gasteiger partial charge >= 0.3 is 0 Å². The van der Waals surface area contributed by atoms with E-state index in [1.54, 1.807) is 22.7 Å². The van der Waals surface area contributed by atoms with Gasteiger partial charge in [-0.15, -0.1) is 11.8 Å². The molecule has 3 amide bonds. The predicted molar refractivity (Wildman–Crippen MR) is 169 cm³/mol. The van der Waals surface area contributed by atoms with Crippen LogP contribution in [0, 0.1) is 5.41 Å². The molecule has 7 nitrogen and oxygen atoms in total. The number of benzene rings is 3. The highest BCUT2D eigenvalue weighted by Gasteiger charge is 2.39. The van der Waals surface area contributed by atoms with E-state index in [1.807, 2.05) is 66.9 Å². The summed E-state index contributed by atoms with van der Waals surface area (Å²) >= 11 is 8.11. The second-order valence-electron chi connectivity index (χ2n) is 11.6. The lowest BCUT2D eigenvalue weighted by Crippen LogP contribution is -2.45. The third-order valence-electron chi connectivity index (χ3n) is 6.87. The van der Waals surface area contributed by atoms with Gasteiger partial charge in [0, 0.05) is 47.7 Å². The summed E-state index contributed by atoms with van der Waals surface area (Å²) in [5.41, 5.74) is 3.92. The molecule has 222 valence electrons. The third kappa shape index (κ3) is 8.15. The molecule has 0 spiro atoms. The lowest BCUT2D eigenvalue weighted by molar-refractivity contribution is -0.138. The Morgan fingerprint density at radius 2 is 1.76 bits per heavy atom. The van der Waals surface area contributed by atoms with Crippen molar-refractivity contribution in [2.24, 2.45) is 5.41 Å². The average molecular weight is 608 g/mol. The number of carbonyl (C=O) groups excluding carboxylic acids is 3. The molecule has 0 radical (unpaired) electrons. The molecule has 0 aliphatic carbocycles. The van der Waals surface area contributed by atoms with Gasteiger partial charge < -0.3 is 20.3 Å². The third-order valence-corrected chi connectivity index (χ3v) is 7.94. The first-order valence-corrected chi connectivity index (χ1v) is 15.5. The van der Waals surface area contributed by atoms with Gasteiger partial charge in [0.15, 0.2) is 0 Å². The lowest BCUT2D eigenvalue weighted by Gasteiger charge is -2.31. The average Bonchev–Trinajstić information content (AvgIpc) is 3.05. The first kappa shape index (κ1) is 31.6. The van der Waals surface area contributed by atoms with Crippen LogP contribution in [0.25, 0.3) is 0 Å². The summed E-state index contributed by atoms with van der Waals surface area (Å²) in [6.07, 6.45) is 0.167. The Morgan fingerprint density at radius 1 is 1.00 bits per heavy atom. The maximum atomic E-state index is 14.1. The highest BCUT2D eigenvalue weighted by Crippen LogP contribution is 2.41. The maximum absolute atomic E-state index is 14.1. The van der Waals surface area contributed by atoms with Crippen LogP contribution in [0.1, 0.15) is 62.5 Å². The van der Waals surface area contributed by atoms with Crippen molar-refractivity contribution >= 4 is 46.8 Å². The zero-order valence-corrected chi connectivity index (χ0v) is 26.3. The number of nitrogens with one attached hydrogen (secondary N) is 2. The number of fused-ring (bicyclic) bond motifs is 1. The maximum Gasteiger partial charge on any atom is 0.256 e.